The predicted octanol–water partition coefficient (Wildman–Crippen LogP) is 5.33. The van der Waals surface area contributed by atoms with Crippen LogP contribution < -0.4 is 10.1 Å². The van der Waals surface area contributed by atoms with Gasteiger partial charge < -0.3 is 10.1 Å². The van der Waals surface area contributed by atoms with Gasteiger partial charge >= 0.3 is 0 Å². The Kier molecular flexibility index (Phi) is 6.13. The van der Waals surface area contributed by atoms with E-state index in [1.54, 1.807) is 35.6 Å². The first-order valence-corrected chi connectivity index (χ1v) is 10.2. The van der Waals surface area contributed by atoms with E-state index in [0.717, 1.165) is 16.3 Å². The lowest BCUT2D eigenvalue weighted by atomic mass is 9.93. The van der Waals surface area contributed by atoms with Crippen molar-refractivity contribution in [3.05, 3.63) is 65.2 Å². The molecule has 0 radical (unpaired) electrons. The third kappa shape index (κ3) is 5.51. The quantitative estimate of drug-likeness (QED) is 0.560. The van der Waals surface area contributed by atoms with Gasteiger partial charge in [-0.2, -0.15) is 0 Å². The molecule has 6 heteroatoms. The smallest absolute Gasteiger partial charge is 0.262 e. The Morgan fingerprint density at radius 1 is 1.03 bits per heavy atom. The summed E-state index contributed by atoms with van der Waals surface area (Å²) in [6.45, 7) is 7.84. The van der Waals surface area contributed by atoms with Crippen molar-refractivity contribution in [2.24, 2.45) is 0 Å². The van der Waals surface area contributed by atoms with Crippen molar-refractivity contribution in [2.75, 3.05) is 11.9 Å². The molecule has 1 N–H and O–H groups in total. The molecule has 3 rings (SSSR count). The monoisotopic (exact) mass is 408 g/mol. The summed E-state index contributed by atoms with van der Waals surface area (Å²) in [4.78, 5) is 28.1. The summed E-state index contributed by atoms with van der Waals surface area (Å²) in [6, 6.07) is 14.3. The number of Topliss-reactive ketones (excluding diaryl/α,β-unsaturated/α-hetero) is 1. The maximum absolute atomic E-state index is 12.1. The molecule has 0 fully saturated rings. The SMILES string of the molecule is CC(=O)c1ccc(NC(=O)COc2ccc(-c3nc(C(C)(C)C)cs3)cc2)cc1. The molecule has 1 amide bonds. The summed E-state index contributed by atoms with van der Waals surface area (Å²) in [7, 11) is 0. The van der Waals surface area contributed by atoms with Gasteiger partial charge in [0, 0.05) is 27.6 Å². The van der Waals surface area contributed by atoms with Crippen LogP contribution in [0.5, 0.6) is 5.75 Å². The molecule has 0 spiro atoms. The second-order valence-corrected chi connectivity index (χ2v) is 8.64. The van der Waals surface area contributed by atoms with Gasteiger partial charge in [-0.3, -0.25) is 9.59 Å². The van der Waals surface area contributed by atoms with Crippen molar-refractivity contribution in [1.29, 1.82) is 0 Å². The number of amides is 1. The topological polar surface area (TPSA) is 68.3 Å². The van der Waals surface area contributed by atoms with Crippen molar-refractivity contribution < 1.29 is 14.3 Å². The van der Waals surface area contributed by atoms with Gasteiger partial charge in [0.25, 0.3) is 5.91 Å². The zero-order valence-electron chi connectivity index (χ0n) is 17.0. The molecule has 5 nitrogen and oxygen atoms in total. The van der Waals surface area contributed by atoms with Gasteiger partial charge in [0.05, 0.1) is 5.69 Å². The molecule has 0 bridgehead atoms. The van der Waals surface area contributed by atoms with Crippen LogP contribution >= 0.6 is 11.3 Å². The first-order valence-electron chi connectivity index (χ1n) is 9.32. The third-order valence-corrected chi connectivity index (χ3v) is 5.21. The van der Waals surface area contributed by atoms with E-state index in [-0.39, 0.29) is 23.7 Å². The number of ether oxygens (including phenoxy) is 1. The lowest BCUT2D eigenvalue weighted by Gasteiger charge is -2.14. The van der Waals surface area contributed by atoms with Gasteiger partial charge in [0.1, 0.15) is 10.8 Å². The van der Waals surface area contributed by atoms with Crippen LogP contribution in [0.2, 0.25) is 0 Å². The molecule has 0 saturated carbocycles. The number of anilines is 1. The van der Waals surface area contributed by atoms with Crippen LogP contribution in [0.4, 0.5) is 5.69 Å². The number of carbonyl (C=O) groups is 2. The number of benzene rings is 2. The third-order valence-electron chi connectivity index (χ3n) is 4.32. The predicted molar refractivity (Wildman–Crippen MR) is 117 cm³/mol. The number of hydrogen-bond donors (Lipinski definition) is 1. The average molecular weight is 409 g/mol. The van der Waals surface area contributed by atoms with Crippen molar-refractivity contribution >= 4 is 28.7 Å². The highest BCUT2D eigenvalue weighted by Crippen LogP contribution is 2.30. The number of thiazole rings is 1. The summed E-state index contributed by atoms with van der Waals surface area (Å²) in [6.07, 6.45) is 0. The van der Waals surface area contributed by atoms with E-state index in [1.807, 2.05) is 24.3 Å². The average Bonchev–Trinajstić information content (AvgIpc) is 3.18. The van der Waals surface area contributed by atoms with Gasteiger partial charge in [0.2, 0.25) is 0 Å². The van der Waals surface area contributed by atoms with E-state index in [1.165, 1.54) is 6.92 Å². The van der Waals surface area contributed by atoms with E-state index < -0.39 is 0 Å². The standard InChI is InChI=1S/C23H24N2O3S/c1-15(26)16-5-9-18(10-6-16)24-21(27)13-28-19-11-7-17(8-12-19)22-25-20(14-29-22)23(2,3)4/h5-12,14H,13H2,1-4H3,(H,24,27). The highest BCUT2D eigenvalue weighted by molar-refractivity contribution is 7.13. The van der Waals surface area contributed by atoms with Crippen LogP contribution in [0.1, 0.15) is 43.7 Å². The van der Waals surface area contributed by atoms with E-state index in [9.17, 15) is 9.59 Å². The van der Waals surface area contributed by atoms with E-state index in [2.05, 4.69) is 31.5 Å². The van der Waals surface area contributed by atoms with E-state index in [4.69, 9.17) is 9.72 Å². The fourth-order valence-electron chi connectivity index (χ4n) is 2.58. The van der Waals surface area contributed by atoms with Crippen LogP contribution in [0.25, 0.3) is 10.6 Å². The molecule has 0 atom stereocenters. The fourth-order valence-corrected chi connectivity index (χ4v) is 3.63. The summed E-state index contributed by atoms with van der Waals surface area (Å²) < 4.78 is 5.57. The Morgan fingerprint density at radius 2 is 1.69 bits per heavy atom. The Labute approximate surface area is 174 Å². The zero-order chi connectivity index (χ0) is 21.0. The number of carbonyl (C=O) groups excluding carboxylic acids is 2. The fraction of sp³-hybridized carbons (Fsp3) is 0.261. The lowest BCUT2D eigenvalue weighted by molar-refractivity contribution is -0.118. The summed E-state index contributed by atoms with van der Waals surface area (Å²) in [5, 5.41) is 5.81. The molecule has 0 saturated heterocycles. The van der Waals surface area contributed by atoms with Gasteiger partial charge in [-0.05, 0) is 55.5 Å². The van der Waals surface area contributed by atoms with Crippen molar-refractivity contribution in [3.8, 4) is 16.3 Å². The highest BCUT2D eigenvalue weighted by atomic mass is 32.1. The van der Waals surface area contributed by atoms with Crippen LogP contribution in [-0.2, 0) is 10.2 Å². The molecular weight excluding hydrogens is 384 g/mol. The van der Waals surface area contributed by atoms with Crippen LogP contribution in [0.15, 0.2) is 53.9 Å². The molecule has 150 valence electrons. The number of aromatic nitrogens is 1. The normalized spacial score (nSPS) is 11.2. The number of rotatable bonds is 6. The summed E-state index contributed by atoms with van der Waals surface area (Å²) in [5.74, 6) is 0.338. The molecule has 3 aromatic rings. The molecule has 0 aliphatic carbocycles. The second-order valence-electron chi connectivity index (χ2n) is 7.78. The molecule has 1 heterocycles. The van der Waals surface area contributed by atoms with Gasteiger partial charge in [-0.1, -0.05) is 20.8 Å². The largest absolute Gasteiger partial charge is 0.484 e. The Hall–Kier alpha value is -2.99. The summed E-state index contributed by atoms with van der Waals surface area (Å²) >= 11 is 1.62. The van der Waals surface area contributed by atoms with Gasteiger partial charge in [-0.15, -0.1) is 11.3 Å². The number of nitrogens with zero attached hydrogens (tertiary/aromatic N) is 1. The maximum atomic E-state index is 12.1. The van der Waals surface area contributed by atoms with Crippen LogP contribution in [0.3, 0.4) is 0 Å². The molecule has 29 heavy (non-hydrogen) atoms. The molecular formula is C23H24N2O3S. The summed E-state index contributed by atoms with van der Waals surface area (Å²) in [5.41, 5.74) is 3.35. The maximum Gasteiger partial charge on any atom is 0.262 e. The Balaban J connectivity index is 1.55. The number of hydrogen-bond acceptors (Lipinski definition) is 5. The minimum atomic E-state index is -0.264. The van der Waals surface area contributed by atoms with Crippen molar-refractivity contribution in [1.82, 2.24) is 4.98 Å². The first-order chi connectivity index (χ1) is 13.7. The highest BCUT2D eigenvalue weighted by Gasteiger charge is 2.18. The Bertz CT molecular complexity index is 1000. The lowest BCUT2D eigenvalue weighted by Crippen LogP contribution is -2.20. The van der Waals surface area contributed by atoms with Gasteiger partial charge in [0.15, 0.2) is 12.4 Å². The molecule has 0 aliphatic rings. The second kappa shape index (κ2) is 8.57. The Morgan fingerprint density at radius 3 is 2.24 bits per heavy atom. The molecule has 1 aromatic heterocycles. The zero-order valence-corrected chi connectivity index (χ0v) is 17.8. The first kappa shape index (κ1) is 20.7. The molecule has 0 unspecified atom stereocenters. The minimum Gasteiger partial charge on any atom is -0.484 e. The van der Waals surface area contributed by atoms with Crippen LogP contribution in [-0.4, -0.2) is 23.3 Å². The van der Waals surface area contributed by atoms with Gasteiger partial charge in [-0.25, -0.2) is 4.98 Å². The number of nitrogens with one attached hydrogen (secondary N) is 1. The van der Waals surface area contributed by atoms with E-state index in [0.29, 0.717) is 17.0 Å². The minimum absolute atomic E-state index is 0.0120. The van der Waals surface area contributed by atoms with Crippen molar-refractivity contribution in [3.63, 3.8) is 0 Å². The number of ketones is 1. The molecule has 2 aromatic carbocycles. The van der Waals surface area contributed by atoms with E-state index >= 15 is 0 Å². The van der Waals surface area contributed by atoms with Crippen LogP contribution in [0, 0.1) is 0 Å². The van der Waals surface area contributed by atoms with Crippen molar-refractivity contribution in [2.45, 2.75) is 33.1 Å². The molecule has 0 aliphatic heterocycles.